The molecule has 0 unspecified atom stereocenters. The summed E-state index contributed by atoms with van der Waals surface area (Å²) in [5.74, 6) is -0.410. The molecule has 1 rings (SSSR count). The molecule has 1 aliphatic heterocycles. The minimum atomic E-state index is -2.92. The Labute approximate surface area is 120 Å². The van der Waals surface area contributed by atoms with Gasteiger partial charge in [0.05, 0.1) is 17.9 Å². The van der Waals surface area contributed by atoms with Crippen molar-refractivity contribution in [2.75, 3.05) is 11.5 Å². The Morgan fingerprint density at radius 3 is 2.20 bits per heavy atom. The number of esters is 1. The molecule has 1 aliphatic rings. The van der Waals surface area contributed by atoms with Gasteiger partial charge in [-0.05, 0) is 33.6 Å². The quantitative estimate of drug-likeness (QED) is 0.776. The van der Waals surface area contributed by atoms with Gasteiger partial charge in [0.1, 0.15) is 15.4 Å². The van der Waals surface area contributed by atoms with Gasteiger partial charge in [-0.2, -0.15) is 0 Å². The number of rotatable bonds is 4. The molecule has 0 aliphatic carbocycles. The SMILES string of the molecule is CC(C)(C)OC(=O)CCC(=O)NC1CCS(=O)(=O)CC1. The fourth-order valence-electron chi connectivity index (χ4n) is 1.94. The van der Waals surface area contributed by atoms with Crippen LogP contribution >= 0.6 is 0 Å². The highest BCUT2D eigenvalue weighted by Gasteiger charge is 2.25. The van der Waals surface area contributed by atoms with Gasteiger partial charge in [0.25, 0.3) is 0 Å². The molecule has 0 aromatic rings. The lowest BCUT2D eigenvalue weighted by Crippen LogP contribution is -2.41. The summed E-state index contributed by atoms with van der Waals surface area (Å²) in [5, 5.41) is 2.76. The lowest BCUT2D eigenvalue weighted by molar-refractivity contribution is -0.155. The maximum absolute atomic E-state index is 11.7. The van der Waals surface area contributed by atoms with Crippen molar-refractivity contribution in [3.05, 3.63) is 0 Å². The van der Waals surface area contributed by atoms with E-state index in [1.807, 2.05) is 0 Å². The largest absolute Gasteiger partial charge is 0.460 e. The molecular weight excluding hydrogens is 282 g/mol. The summed E-state index contributed by atoms with van der Waals surface area (Å²) < 4.78 is 27.6. The van der Waals surface area contributed by atoms with Gasteiger partial charge in [0.2, 0.25) is 5.91 Å². The molecule has 1 fully saturated rings. The van der Waals surface area contributed by atoms with Crippen LogP contribution in [0.4, 0.5) is 0 Å². The fraction of sp³-hybridized carbons (Fsp3) is 0.846. The van der Waals surface area contributed by atoms with E-state index < -0.39 is 21.4 Å². The number of ether oxygens (including phenoxy) is 1. The highest BCUT2D eigenvalue weighted by molar-refractivity contribution is 7.91. The Bertz CT molecular complexity index is 450. The van der Waals surface area contributed by atoms with Gasteiger partial charge in [-0.1, -0.05) is 0 Å². The molecule has 116 valence electrons. The third-order valence-electron chi connectivity index (χ3n) is 2.90. The molecule has 0 aromatic carbocycles. The Balaban J connectivity index is 2.26. The molecule has 1 saturated heterocycles. The summed E-state index contributed by atoms with van der Waals surface area (Å²) in [6.45, 7) is 5.31. The highest BCUT2D eigenvalue weighted by atomic mass is 32.2. The summed E-state index contributed by atoms with van der Waals surface area (Å²) in [6, 6.07) is -0.107. The number of sulfone groups is 1. The van der Waals surface area contributed by atoms with Crippen LogP contribution < -0.4 is 5.32 Å². The predicted octanol–water partition coefficient (Wildman–Crippen LogP) is 0.802. The van der Waals surface area contributed by atoms with E-state index in [0.29, 0.717) is 12.8 Å². The van der Waals surface area contributed by atoms with Crippen molar-refractivity contribution in [2.24, 2.45) is 0 Å². The Morgan fingerprint density at radius 2 is 1.70 bits per heavy atom. The molecule has 0 spiro atoms. The van der Waals surface area contributed by atoms with Gasteiger partial charge in [-0.15, -0.1) is 0 Å². The van der Waals surface area contributed by atoms with E-state index in [-0.39, 0.29) is 36.3 Å². The second-order valence-corrected chi connectivity index (χ2v) is 8.38. The Hall–Kier alpha value is -1.11. The van der Waals surface area contributed by atoms with Crippen LogP contribution in [0.25, 0.3) is 0 Å². The van der Waals surface area contributed by atoms with Crippen molar-refractivity contribution in [3.63, 3.8) is 0 Å². The summed E-state index contributed by atoms with van der Waals surface area (Å²) in [5.41, 5.74) is -0.550. The van der Waals surface area contributed by atoms with Gasteiger partial charge in [-0.25, -0.2) is 8.42 Å². The van der Waals surface area contributed by atoms with Crippen molar-refractivity contribution < 1.29 is 22.7 Å². The number of nitrogens with one attached hydrogen (secondary N) is 1. The normalized spacial score (nSPS) is 19.4. The minimum Gasteiger partial charge on any atom is -0.460 e. The van der Waals surface area contributed by atoms with Crippen LogP contribution in [0, 0.1) is 0 Å². The highest BCUT2D eigenvalue weighted by Crippen LogP contribution is 2.13. The summed E-state index contributed by atoms with van der Waals surface area (Å²) in [7, 11) is -2.92. The third-order valence-corrected chi connectivity index (χ3v) is 4.61. The molecule has 1 heterocycles. The standard InChI is InChI=1S/C13H23NO5S/c1-13(2,3)19-12(16)5-4-11(15)14-10-6-8-20(17,18)9-7-10/h10H,4-9H2,1-3H3,(H,14,15). The van der Waals surface area contributed by atoms with Gasteiger partial charge in [0, 0.05) is 12.5 Å². The number of hydrogen-bond acceptors (Lipinski definition) is 5. The first-order valence-corrected chi connectivity index (χ1v) is 8.61. The topological polar surface area (TPSA) is 89.5 Å². The number of amides is 1. The molecule has 1 amide bonds. The first-order valence-electron chi connectivity index (χ1n) is 6.79. The molecular formula is C13H23NO5S. The van der Waals surface area contributed by atoms with Crippen LogP contribution in [0.2, 0.25) is 0 Å². The first-order chi connectivity index (χ1) is 9.07. The second-order valence-electron chi connectivity index (χ2n) is 6.08. The molecule has 1 N–H and O–H groups in total. The number of carbonyl (C=O) groups excluding carboxylic acids is 2. The zero-order chi connectivity index (χ0) is 15.4. The fourth-order valence-corrected chi connectivity index (χ4v) is 3.43. The van der Waals surface area contributed by atoms with E-state index in [1.54, 1.807) is 20.8 Å². The summed E-state index contributed by atoms with van der Waals surface area (Å²) in [6.07, 6.45) is 0.993. The van der Waals surface area contributed by atoms with Crippen LogP contribution in [-0.2, 0) is 24.2 Å². The van der Waals surface area contributed by atoms with Crippen molar-refractivity contribution >= 4 is 21.7 Å². The van der Waals surface area contributed by atoms with Crippen LogP contribution in [0.3, 0.4) is 0 Å². The van der Waals surface area contributed by atoms with E-state index in [0.717, 1.165) is 0 Å². The molecule has 0 saturated carbocycles. The van der Waals surface area contributed by atoms with Gasteiger partial charge in [0.15, 0.2) is 0 Å². The summed E-state index contributed by atoms with van der Waals surface area (Å²) in [4.78, 5) is 23.1. The number of hydrogen-bond donors (Lipinski definition) is 1. The molecule has 0 radical (unpaired) electrons. The third kappa shape index (κ3) is 6.88. The van der Waals surface area contributed by atoms with Crippen LogP contribution in [0.15, 0.2) is 0 Å². The molecule has 7 heteroatoms. The summed E-state index contributed by atoms with van der Waals surface area (Å²) >= 11 is 0. The minimum absolute atomic E-state index is 0.0358. The maximum atomic E-state index is 11.7. The van der Waals surface area contributed by atoms with Crippen molar-refractivity contribution in [1.29, 1.82) is 0 Å². The first kappa shape index (κ1) is 16.9. The van der Waals surface area contributed by atoms with E-state index in [9.17, 15) is 18.0 Å². The van der Waals surface area contributed by atoms with Crippen LogP contribution in [-0.4, -0.2) is 43.4 Å². The average Bonchev–Trinajstić information content (AvgIpc) is 2.27. The molecule has 0 aromatic heterocycles. The van der Waals surface area contributed by atoms with Crippen molar-refractivity contribution in [2.45, 2.75) is 58.1 Å². The van der Waals surface area contributed by atoms with Gasteiger partial charge in [-0.3, -0.25) is 9.59 Å². The average molecular weight is 305 g/mol. The lowest BCUT2D eigenvalue weighted by atomic mass is 10.1. The van der Waals surface area contributed by atoms with E-state index in [2.05, 4.69) is 5.32 Å². The molecule has 20 heavy (non-hydrogen) atoms. The van der Waals surface area contributed by atoms with E-state index in [1.165, 1.54) is 0 Å². The van der Waals surface area contributed by atoms with Crippen molar-refractivity contribution in [1.82, 2.24) is 5.32 Å². The predicted molar refractivity (Wildman–Crippen MR) is 74.9 cm³/mol. The van der Waals surface area contributed by atoms with Crippen LogP contribution in [0.1, 0.15) is 46.5 Å². The second kappa shape index (κ2) is 6.56. The van der Waals surface area contributed by atoms with Crippen molar-refractivity contribution in [3.8, 4) is 0 Å². The van der Waals surface area contributed by atoms with Gasteiger partial charge >= 0.3 is 5.97 Å². The molecule has 6 nitrogen and oxygen atoms in total. The van der Waals surface area contributed by atoms with Gasteiger partial charge < -0.3 is 10.1 Å². The maximum Gasteiger partial charge on any atom is 0.306 e. The van der Waals surface area contributed by atoms with Crippen LogP contribution in [0.5, 0.6) is 0 Å². The molecule has 0 atom stereocenters. The van der Waals surface area contributed by atoms with E-state index >= 15 is 0 Å². The zero-order valence-corrected chi connectivity index (χ0v) is 13.1. The number of carbonyl (C=O) groups is 2. The Morgan fingerprint density at radius 1 is 1.15 bits per heavy atom. The zero-order valence-electron chi connectivity index (χ0n) is 12.3. The smallest absolute Gasteiger partial charge is 0.306 e. The monoisotopic (exact) mass is 305 g/mol. The Kier molecular flexibility index (Phi) is 5.56. The lowest BCUT2D eigenvalue weighted by Gasteiger charge is -2.23. The van der Waals surface area contributed by atoms with E-state index in [4.69, 9.17) is 4.74 Å². The molecule has 0 bridgehead atoms.